The monoisotopic (exact) mass is 182 g/mol. The number of rotatable bonds is 2. The highest BCUT2D eigenvalue weighted by Gasteiger charge is 1.95. The van der Waals surface area contributed by atoms with Crippen LogP contribution < -0.4 is 0 Å². The second-order valence-corrected chi connectivity index (χ2v) is 2.96. The maximum Gasteiger partial charge on any atom is 0.176 e. The molecule has 0 atom stereocenters. The lowest BCUT2D eigenvalue weighted by molar-refractivity contribution is 0.790. The zero-order valence-electron chi connectivity index (χ0n) is 7.51. The molecule has 0 aliphatic rings. The maximum atomic E-state index is 8.61. The molecule has 0 N–H and O–H groups in total. The summed E-state index contributed by atoms with van der Waals surface area (Å²) < 4.78 is 1.86. The Morgan fingerprint density at radius 3 is 2.71 bits per heavy atom. The molecule has 1 aromatic carbocycles. The van der Waals surface area contributed by atoms with Gasteiger partial charge in [-0.15, -0.1) is 0 Å². The molecule has 0 fully saturated rings. The zero-order chi connectivity index (χ0) is 9.80. The molecular weight excluding hydrogens is 174 g/mol. The summed E-state index contributed by atoms with van der Waals surface area (Å²) in [4.78, 5) is 3.84. The maximum absolute atomic E-state index is 8.61. The summed E-state index contributed by atoms with van der Waals surface area (Å²) in [5.41, 5.74) is 1.82. The first-order valence-electron chi connectivity index (χ1n) is 4.26. The highest BCUT2D eigenvalue weighted by Crippen LogP contribution is 2.04. The van der Waals surface area contributed by atoms with Crippen LogP contribution in [0.5, 0.6) is 0 Å². The van der Waals surface area contributed by atoms with Crippen molar-refractivity contribution in [1.82, 2.24) is 9.55 Å². The quantitative estimate of drug-likeness (QED) is 0.707. The summed E-state index contributed by atoms with van der Waals surface area (Å²) in [7, 11) is 0. The van der Waals surface area contributed by atoms with Crippen LogP contribution in [-0.4, -0.2) is 9.55 Å². The van der Waals surface area contributed by atoms with E-state index in [4.69, 9.17) is 5.26 Å². The highest BCUT2D eigenvalue weighted by molar-refractivity contribution is 5.31. The fraction of sp³-hybridized carbons (Fsp3) is 0.0909. The minimum atomic E-state index is 0.684. The first-order chi connectivity index (χ1) is 6.88. The number of imidazole rings is 1. The molecule has 0 aliphatic heterocycles. The van der Waals surface area contributed by atoms with Gasteiger partial charge >= 0.3 is 0 Å². The molecule has 67 valence electrons. The molecule has 0 unspecified atom stereocenters. The van der Waals surface area contributed by atoms with Gasteiger partial charge in [0.15, 0.2) is 6.33 Å². The van der Waals surface area contributed by atoms with E-state index in [0.717, 1.165) is 12.1 Å². The number of nitrogens with zero attached hydrogens (tertiary/aromatic N) is 3. The van der Waals surface area contributed by atoms with Crippen LogP contribution in [0.25, 0.3) is 0 Å². The Morgan fingerprint density at radius 2 is 2.14 bits per heavy atom. The molecule has 2 aromatic rings. The van der Waals surface area contributed by atoms with Gasteiger partial charge in [-0.3, -0.25) is 0 Å². The van der Waals surface area contributed by atoms with Crippen molar-refractivity contribution >= 4 is 0 Å². The van der Waals surface area contributed by atoms with Crippen LogP contribution in [0.15, 0.2) is 36.7 Å². The fourth-order valence-corrected chi connectivity index (χ4v) is 1.22. The lowest BCUT2D eigenvalue weighted by Gasteiger charge is -2.00. The van der Waals surface area contributed by atoms with Crippen molar-refractivity contribution < 1.29 is 0 Å². The molecular formula is C11H8N3. The third-order valence-corrected chi connectivity index (χ3v) is 1.94. The Labute approximate surface area is 82.2 Å². The number of benzene rings is 1. The molecule has 0 saturated heterocycles. The summed E-state index contributed by atoms with van der Waals surface area (Å²) in [5, 5.41) is 8.61. The number of hydrogen-bond donors (Lipinski definition) is 0. The minimum absolute atomic E-state index is 0.684. The molecule has 0 amide bonds. The second kappa shape index (κ2) is 3.75. The third kappa shape index (κ3) is 1.80. The van der Waals surface area contributed by atoms with E-state index < -0.39 is 0 Å². The normalized spacial score (nSPS) is 9.64. The van der Waals surface area contributed by atoms with E-state index in [9.17, 15) is 0 Å². The lowest BCUT2D eigenvalue weighted by Crippen LogP contribution is -1.96. The Hall–Kier alpha value is -2.08. The van der Waals surface area contributed by atoms with Crippen LogP contribution in [0.4, 0.5) is 0 Å². The molecule has 1 aromatic heterocycles. The van der Waals surface area contributed by atoms with Crippen molar-refractivity contribution in [2.24, 2.45) is 0 Å². The van der Waals surface area contributed by atoms with Gasteiger partial charge < -0.3 is 4.57 Å². The van der Waals surface area contributed by atoms with Crippen LogP contribution in [0.2, 0.25) is 0 Å². The van der Waals surface area contributed by atoms with Gasteiger partial charge in [0.1, 0.15) is 0 Å². The van der Waals surface area contributed by atoms with Gasteiger partial charge in [0.05, 0.1) is 11.6 Å². The number of hydrogen-bond acceptors (Lipinski definition) is 2. The third-order valence-electron chi connectivity index (χ3n) is 1.94. The van der Waals surface area contributed by atoms with Crippen LogP contribution >= 0.6 is 0 Å². The largest absolute Gasteiger partial charge is 0.324 e. The van der Waals surface area contributed by atoms with Crippen molar-refractivity contribution in [2.75, 3.05) is 0 Å². The van der Waals surface area contributed by atoms with Crippen LogP contribution in [0.3, 0.4) is 0 Å². The number of nitriles is 1. The van der Waals surface area contributed by atoms with Crippen LogP contribution in [0, 0.1) is 17.7 Å². The molecule has 0 bridgehead atoms. The summed E-state index contributed by atoms with van der Waals surface area (Å²) in [6.07, 6.45) is 6.37. The van der Waals surface area contributed by atoms with E-state index in [2.05, 4.69) is 17.4 Å². The molecule has 0 spiro atoms. The van der Waals surface area contributed by atoms with E-state index >= 15 is 0 Å². The van der Waals surface area contributed by atoms with Gasteiger partial charge in [0.2, 0.25) is 0 Å². The lowest BCUT2D eigenvalue weighted by atomic mass is 10.1. The van der Waals surface area contributed by atoms with Gasteiger partial charge in [-0.05, 0) is 17.7 Å². The first-order valence-corrected chi connectivity index (χ1v) is 4.26. The summed E-state index contributed by atoms with van der Waals surface area (Å²) in [5.74, 6) is 0. The van der Waals surface area contributed by atoms with Gasteiger partial charge in [0.25, 0.3) is 0 Å². The zero-order valence-corrected chi connectivity index (χ0v) is 7.51. The van der Waals surface area contributed by atoms with E-state index in [1.54, 1.807) is 6.20 Å². The van der Waals surface area contributed by atoms with Crippen molar-refractivity contribution in [3.05, 3.63) is 54.1 Å². The summed E-state index contributed by atoms with van der Waals surface area (Å²) >= 11 is 0. The summed E-state index contributed by atoms with van der Waals surface area (Å²) in [6, 6.07) is 9.58. The number of aromatic nitrogens is 2. The average molecular weight is 182 g/mol. The standard InChI is InChI=1S/C11H8N3/c12-7-10-1-3-11(4-2-10)8-14-6-5-13-9-14/h1-6H,8H2. The predicted molar refractivity (Wildman–Crippen MR) is 51.3 cm³/mol. The van der Waals surface area contributed by atoms with E-state index in [0.29, 0.717) is 5.56 Å². The van der Waals surface area contributed by atoms with Gasteiger partial charge in [0, 0.05) is 18.9 Å². The Bertz CT molecular complexity index is 434. The predicted octanol–water partition coefficient (Wildman–Crippen LogP) is 1.60. The molecule has 0 aliphatic carbocycles. The van der Waals surface area contributed by atoms with E-state index in [1.807, 2.05) is 35.0 Å². The van der Waals surface area contributed by atoms with Crippen molar-refractivity contribution in [2.45, 2.75) is 6.54 Å². The molecule has 1 radical (unpaired) electrons. The smallest absolute Gasteiger partial charge is 0.176 e. The fourth-order valence-electron chi connectivity index (χ4n) is 1.22. The Balaban J connectivity index is 2.15. The van der Waals surface area contributed by atoms with Gasteiger partial charge in [-0.25, -0.2) is 4.98 Å². The van der Waals surface area contributed by atoms with Crippen molar-refractivity contribution in [3.8, 4) is 6.07 Å². The molecule has 3 heteroatoms. The topological polar surface area (TPSA) is 41.6 Å². The van der Waals surface area contributed by atoms with Gasteiger partial charge in [-0.2, -0.15) is 5.26 Å². The van der Waals surface area contributed by atoms with Crippen LogP contribution in [-0.2, 0) is 6.54 Å². The van der Waals surface area contributed by atoms with Crippen LogP contribution in [0.1, 0.15) is 11.1 Å². The SMILES string of the molecule is N#Cc1ccc(Cn2[c]ncc2)cc1. The molecule has 2 rings (SSSR count). The average Bonchev–Trinajstić information content (AvgIpc) is 2.72. The molecule has 1 heterocycles. The van der Waals surface area contributed by atoms with Crippen molar-refractivity contribution in [1.29, 1.82) is 5.26 Å². The Morgan fingerprint density at radius 1 is 1.36 bits per heavy atom. The minimum Gasteiger partial charge on any atom is -0.324 e. The molecule has 0 saturated carbocycles. The molecule has 3 nitrogen and oxygen atoms in total. The first kappa shape index (κ1) is 8.52. The van der Waals surface area contributed by atoms with E-state index in [1.165, 1.54) is 0 Å². The van der Waals surface area contributed by atoms with E-state index in [-0.39, 0.29) is 0 Å². The summed E-state index contributed by atoms with van der Waals surface area (Å²) in [6.45, 7) is 0.742. The highest BCUT2D eigenvalue weighted by atomic mass is 15.0. The van der Waals surface area contributed by atoms with Crippen molar-refractivity contribution in [3.63, 3.8) is 0 Å². The molecule has 14 heavy (non-hydrogen) atoms. The van der Waals surface area contributed by atoms with Gasteiger partial charge in [-0.1, -0.05) is 12.1 Å². The Kier molecular flexibility index (Phi) is 2.28. The second-order valence-electron chi connectivity index (χ2n) is 2.96.